The lowest BCUT2D eigenvalue weighted by atomic mass is 10.3. The van der Waals surface area contributed by atoms with Gasteiger partial charge in [0.25, 0.3) is 0 Å². The number of rotatable bonds is 6. The van der Waals surface area contributed by atoms with Crippen LogP contribution in [0.4, 0.5) is 0 Å². The van der Waals surface area contributed by atoms with Gasteiger partial charge in [-0.25, -0.2) is 4.68 Å². The predicted molar refractivity (Wildman–Crippen MR) is 77.6 cm³/mol. The number of amides is 1. The van der Waals surface area contributed by atoms with Gasteiger partial charge < -0.3 is 11.1 Å². The van der Waals surface area contributed by atoms with E-state index < -0.39 is 0 Å². The van der Waals surface area contributed by atoms with E-state index >= 15 is 0 Å². The molecule has 0 saturated carbocycles. The molecule has 0 saturated heterocycles. The van der Waals surface area contributed by atoms with Crippen LogP contribution in [-0.4, -0.2) is 37.2 Å². The first kappa shape index (κ1) is 15.5. The number of aromatic nitrogens is 5. The molecule has 0 aliphatic carbocycles. The maximum atomic E-state index is 11.1. The minimum absolute atomic E-state index is 0.0431. The van der Waals surface area contributed by atoms with E-state index in [0.29, 0.717) is 23.8 Å². The molecule has 0 aliphatic rings. The lowest BCUT2D eigenvalue weighted by molar-refractivity contribution is -0.119. The molecule has 2 rings (SSSR count). The number of nitrogens with one attached hydrogen (secondary N) is 1. The summed E-state index contributed by atoms with van der Waals surface area (Å²) in [6, 6.07) is 0. The summed E-state index contributed by atoms with van der Waals surface area (Å²) < 4.78 is 3.41. The number of nitrogens with two attached hydrogens (primary N) is 1. The number of hydrogen-bond acceptors (Lipinski definition) is 5. The quantitative estimate of drug-likeness (QED) is 0.772. The van der Waals surface area contributed by atoms with E-state index in [0.717, 1.165) is 17.8 Å². The Kier molecular flexibility index (Phi) is 4.92. The molecular formula is C12H18ClN7O. The van der Waals surface area contributed by atoms with Crippen LogP contribution in [0.3, 0.4) is 0 Å². The Balaban J connectivity index is 2.06. The molecule has 0 aromatic carbocycles. The molecule has 9 heteroatoms. The Morgan fingerprint density at radius 1 is 1.52 bits per heavy atom. The second kappa shape index (κ2) is 6.68. The van der Waals surface area contributed by atoms with Gasteiger partial charge in [-0.3, -0.25) is 9.48 Å². The molecular weight excluding hydrogens is 294 g/mol. The van der Waals surface area contributed by atoms with Crippen LogP contribution in [0.2, 0.25) is 5.02 Å². The molecule has 0 aliphatic heterocycles. The molecule has 0 spiro atoms. The summed E-state index contributed by atoms with van der Waals surface area (Å²) in [5.41, 5.74) is 7.61. The van der Waals surface area contributed by atoms with Crippen molar-refractivity contribution in [3.63, 3.8) is 0 Å². The zero-order valence-corrected chi connectivity index (χ0v) is 12.8. The summed E-state index contributed by atoms with van der Waals surface area (Å²) in [6.07, 6.45) is 2.53. The smallest absolute Gasteiger partial charge is 0.234 e. The number of aryl methyl sites for hydroxylation is 2. The van der Waals surface area contributed by atoms with Crippen LogP contribution in [-0.2, 0) is 31.4 Å². The van der Waals surface area contributed by atoms with Gasteiger partial charge in [-0.05, 0) is 6.42 Å². The molecule has 1 amide bonds. The first-order valence-electron chi connectivity index (χ1n) is 6.61. The van der Waals surface area contributed by atoms with Crippen LogP contribution >= 0.6 is 11.6 Å². The summed E-state index contributed by atoms with van der Waals surface area (Å²) in [4.78, 5) is 11.1. The number of hydrogen-bond donors (Lipinski definition) is 2. The van der Waals surface area contributed by atoms with Crippen LogP contribution < -0.4 is 11.1 Å². The van der Waals surface area contributed by atoms with Crippen molar-refractivity contribution in [1.29, 1.82) is 0 Å². The van der Waals surface area contributed by atoms with Crippen LogP contribution in [0.25, 0.3) is 0 Å². The van der Waals surface area contributed by atoms with Crippen molar-refractivity contribution in [3.05, 3.63) is 28.3 Å². The van der Waals surface area contributed by atoms with Gasteiger partial charge in [-0.1, -0.05) is 23.7 Å². The van der Waals surface area contributed by atoms with Crippen molar-refractivity contribution in [2.75, 3.05) is 6.54 Å². The van der Waals surface area contributed by atoms with Gasteiger partial charge in [0.05, 0.1) is 42.2 Å². The van der Waals surface area contributed by atoms with E-state index in [-0.39, 0.29) is 12.5 Å². The maximum absolute atomic E-state index is 11.1. The number of carbonyl (C=O) groups is 1. The Bertz CT molecular complexity index is 634. The van der Waals surface area contributed by atoms with Gasteiger partial charge >= 0.3 is 0 Å². The third-order valence-electron chi connectivity index (χ3n) is 3.05. The molecule has 0 atom stereocenters. The van der Waals surface area contributed by atoms with E-state index in [2.05, 4.69) is 20.7 Å². The first-order chi connectivity index (χ1) is 10.0. The molecule has 0 radical (unpaired) electrons. The Hall–Kier alpha value is -1.93. The molecule has 2 aromatic heterocycles. The zero-order valence-electron chi connectivity index (χ0n) is 12.0. The summed E-state index contributed by atoms with van der Waals surface area (Å²) in [5, 5.41) is 15.7. The summed E-state index contributed by atoms with van der Waals surface area (Å²) >= 11 is 6.29. The van der Waals surface area contributed by atoms with Crippen molar-refractivity contribution in [2.45, 2.75) is 26.4 Å². The number of nitrogens with zero attached hydrogens (tertiary/aromatic N) is 5. The molecule has 8 nitrogen and oxygen atoms in total. The largest absolute Gasteiger partial charge is 0.349 e. The number of carbonyl (C=O) groups excluding carboxylic acids is 1. The monoisotopic (exact) mass is 311 g/mol. The molecule has 2 heterocycles. The SMILES string of the molecule is CCc1nn(C)c(Cn2cc(CNC(=O)CN)nn2)c1Cl. The summed E-state index contributed by atoms with van der Waals surface area (Å²) in [6.45, 7) is 2.74. The fourth-order valence-electron chi connectivity index (χ4n) is 1.90. The van der Waals surface area contributed by atoms with E-state index in [4.69, 9.17) is 17.3 Å². The maximum Gasteiger partial charge on any atom is 0.234 e. The van der Waals surface area contributed by atoms with Gasteiger partial charge in [0.2, 0.25) is 5.91 Å². The third-order valence-corrected chi connectivity index (χ3v) is 3.49. The fraction of sp³-hybridized carbons (Fsp3) is 0.500. The minimum Gasteiger partial charge on any atom is -0.349 e. The fourth-order valence-corrected chi connectivity index (χ4v) is 2.26. The van der Waals surface area contributed by atoms with Crippen molar-refractivity contribution >= 4 is 17.5 Å². The lowest BCUT2D eigenvalue weighted by Crippen LogP contribution is -2.29. The van der Waals surface area contributed by atoms with Crippen molar-refractivity contribution < 1.29 is 4.79 Å². The van der Waals surface area contributed by atoms with Crippen LogP contribution in [0.1, 0.15) is 24.0 Å². The van der Waals surface area contributed by atoms with Gasteiger partial charge in [0.1, 0.15) is 5.69 Å². The topological polar surface area (TPSA) is 104 Å². The van der Waals surface area contributed by atoms with Crippen molar-refractivity contribution in [3.8, 4) is 0 Å². The Labute approximate surface area is 127 Å². The minimum atomic E-state index is -0.230. The summed E-state index contributed by atoms with van der Waals surface area (Å²) in [5.74, 6) is -0.230. The van der Waals surface area contributed by atoms with Crippen LogP contribution in [0.15, 0.2) is 6.20 Å². The van der Waals surface area contributed by atoms with E-state index in [9.17, 15) is 4.79 Å². The second-order valence-corrected chi connectivity index (χ2v) is 4.95. The zero-order chi connectivity index (χ0) is 15.4. The highest BCUT2D eigenvalue weighted by Gasteiger charge is 2.14. The average Bonchev–Trinajstić information content (AvgIpc) is 3.04. The van der Waals surface area contributed by atoms with Gasteiger partial charge in [-0.15, -0.1) is 5.10 Å². The van der Waals surface area contributed by atoms with Gasteiger partial charge in [0, 0.05) is 7.05 Å². The molecule has 21 heavy (non-hydrogen) atoms. The van der Waals surface area contributed by atoms with Gasteiger partial charge in [-0.2, -0.15) is 5.10 Å². The average molecular weight is 312 g/mol. The molecule has 0 fully saturated rings. The molecule has 3 N–H and O–H groups in total. The Morgan fingerprint density at radius 3 is 2.90 bits per heavy atom. The predicted octanol–water partition coefficient (Wildman–Crippen LogP) is -0.149. The Morgan fingerprint density at radius 2 is 2.29 bits per heavy atom. The first-order valence-corrected chi connectivity index (χ1v) is 6.99. The van der Waals surface area contributed by atoms with Gasteiger partial charge in [0.15, 0.2) is 0 Å². The molecule has 0 bridgehead atoms. The van der Waals surface area contributed by atoms with E-state index in [1.54, 1.807) is 15.6 Å². The van der Waals surface area contributed by atoms with E-state index in [1.807, 2.05) is 14.0 Å². The normalized spacial score (nSPS) is 10.9. The molecule has 0 unspecified atom stereocenters. The second-order valence-electron chi connectivity index (χ2n) is 4.57. The standard InChI is InChI=1S/C12H18ClN7O/c1-3-9-12(13)10(19(2)17-9)7-20-6-8(16-18-20)5-15-11(21)4-14/h6H,3-5,7,14H2,1-2H3,(H,15,21). The summed E-state index contributed by atoms with van der Waals surface area (Å²) in [7, 11) is 1.85. The van der Waals surface area contributed by atoms with Crippen LogP contribution in [0.5, 0.6) is 0 Å². The number of halogens is 1. The third kappa shape index (κ3) is 3.59. The molecule has 114 valence electrons. The highest BCUT2D eigenvalue weighted by atomic mass is 35.5. The highest BCUT2D eigenvalue weighted by molar-refractivity contribution is 6.31. The van der Waals surface area contributed by atoms with E-state index in [1.165, 1.54) is 0 Å². The molecule has 2 aromatic rings. The van der Waals surface area contributed by atoms with Crippen LogP contribution in [0, 0.1) is 0 Å². The lowest BCUT2D eigenvalue weighted by Gasteiger charge is -2.02. The van der Waals surface area contributed by atoms with Crippen molar-refractivity contribution in [1.82, 2.24) is 30.1 Å². The highest BCUT2D eigenvalue weighted by Crippen LogP contribution is 2.21. The van der Waals surface area contributed by atoms with Crippen molar-refractivity contribution in [2.24, 2.45) is 12.8 Å².